The first-order chi connectivity index (χ1) is 63.1. The van der Waals surface area contributed by atoms with E-state index in [9.17, 15) is 166 Å². The van der Waals surface area contributed by atoms with Crippen LogP contribution < -0.4 is 9.47 Å². The second-order valence-corrected chi connectivity index (χ2v) is 29.3. The molecule has 12 atom stereocenters. The number of benzene rings is 9. The fraction of sp³-hybridized carbons (Fsp3) is 0.171. The van der Waals surface area contributed by atoms with Crippen molar-refractivity contribution in [2.75, 3.05) is 13.2 Å². The number of carbonyl (C=O) groups is 12. The van der Waals surface area contributed by atoms with E-state index in [0.29, 0.717) is 66.7 Å². The molecule has 5 aliphatic heterocycles. The molecule has 696 valence electrons. The molecule has 0 unspecified atom stereocenters. The molecule has 134 heavy (non-hydrogen) atoms. The smallest absolute Gasteiger partial charge is 0.342 e. The maximum absolute atomic E-state index is 15.7. The average Bonchev–Trinajstić information content (AvgIpc) is 1.43. The Balaban J connectivity index is 0.872. The van der Waals surface area contributed by atoms with Crippen molar-refractivity contribution >= 4 is 71.3 Å². The third-order valence-corrected chi connectivity index (χ3v) is 21.0. The number of hydrogen-bond donors (Lipinski definition) is 26. The van der Waals surface area contributed by atoms with Gasteiger partial charge in [-0.1, -0.05) is 0 Å². The lowest BCUT2D eigenvalue weighted by atomic mass is 9.76. The predicted octanol–water partition coefficient (Wildman–Crippen LogP) is 1.87. The molecule has 0 radical (unpaired) electrons. The van der Waals surface area contributed by atoms with Crippen LogP contribution in [0.2, 0.25) is 0 Å². The number of phenols is 25. The van der Waals surface area contributed by atoms with Crippen molar-refractivity contribution in [2.24, 2.45) is 0 Å². The Labute approximate surface area is 736 Å². The SMILES string of the molecule is O=C1C=C2C(=O)O[C@H]3[C@@H]4OC(=O)c5cc(O)c(O)c(O)c5-c5c(cc(Oc6c(C(=O)O[C@H]7[C@H](OC(=O)c8cc(O)c(O)c(O)c8)O[C@H](COC(=O)c8cc(O)c(O)c(O)c8)[C@@H](OC(=O)c8cc(O)c(O)c(O)c8)[C@@H]7OC(=O)c7cc(O)c(O)c(O)c7)cc(O)c(O)c6O)c(O)c5O)C(=O)OC[C@H]3O[C@@H](OC(=O)c3cc(O)c(O)c(O)c3)[C@@H]4OC(=O)c3cc(O)c(O)c4c3[C@H]2[C@@](O)(O4)C1=O. The third-order valence-electron chi connectivity index (χ3n) is 21.0. The van der Waals surface area contributed by atoms with Crippen molar-refractivity contribution in [3.05, 3.63) is 152 Å². The largest absolute Gasteiger partial charge is 0.504 e. The number of rotatable bonds is 15. The van der Waals surface area contributed by atoms with E-state index in [1.54, 1.807) is 0 Å². The number of phenolic OH excluding ortho intramolecular Hbond substituents is 25. The highest BCUT2D eigenvalue weighted by Crippen LogP contribution is 2.60. The predicted molar refractivity (Wildman–Crippen MR) is 410 cm³/mol. The molecule has 52 nitrogen and oxygen atoms in total. The lowest BCUT2D eigenvalue weighted by molar-refractivity contribution is -0.286. The van der Waals surface area contributed by atoms with Crippen LogP contribution in [0.1, 0.15) is 105 Å². The van der Waals surface area contributed by atoms with Crippen LogP contribution in [0.15, 0.2) is 96.6 Å². The molecule has 5 heterocycles. The molecule has 0 aromatic heterocycles. The molecular formula is C82H56O52. The van der Waals surface area contributed by atoms with E-state index in [1.165, 1.54) is 0 Å². The summed E-state index contributed by atoms with van der Waals surface area (Å²) in [4.78, 5) is 176. The molecule has 6 aliphatic rings. The number of Topliss-reactive ketones (excluding diaryl/α,β-unsaturated/α-hetero) is 1. The zero-order valence-corrected chi connectivity index (χ0v) is 65.7. The summed E-state index contributed by atoms with van der Waals surface area (Å²) in [5.74, 6) is -70.7. The minimum absolute atomic E-state index is 0.0499. The minimum atomic E-state index is -3.68. The molecule has 1 aliphatic carbocycles. The number of ether oxygens (including phenoxy) is 14. The molecule has 4 bridgehead atoms. The fourth-order valence-electron chi connectivity index (χ4n) is 14.6. The van der Waals surface area contributed by atoms with Gasteiger partial charge in [0.2, 0.25) is 59.3 Å². The standard InChI is InChI=1S/C82H56O52/c83-28-1-18(2-29(84)49(28)97)70(110)121-16-43-62(126-71(111)19-3-30(85)50(98)31(86)4-19)65(128-72(112)20-5-32(87)51(99)33(88)6-20)67(80(124-43)132-73(113)21-7-34(89)52(100)35(90)8-21)131-79(119)27-14-39(94)55(103)60(108)61(27)123-42-15-25-46(59(107)57(42)105)45-23(11-38(93)54(102)58(45)106)76(116)129-66-63-44(17-122-75(25)115)125-81(133-74(114)22-9-36(91)53(101)37(92)10-22)68(66)130-77(117)24-12-40(95)56(104)64-47(24)48-26(78(118)127-63)13-41(96)69(109)82(48,120)134-64/h1-15,43-44,48,62-63,65-68,80-81,83-95,97-108,120H,16-17H2/t43-,44-,48+,62-,63-,65+,66+,67-,68-,80+,81+,82-/m1/s1. The van der Waals surface area contributed by atoms with E-state index in [4.69, 9.17) is 66.3 Å². The molecule has 9 aromatic rings. The normalized spacial score (nSPS) is 21.5. The maximum atomic E-state index is 15.7. The van der Waals surface area contributed by atoms with Crippen LogP contribution in [0.5, 0.6) is 161 Å². The van der Waals surface area contributed by atoms with Gasteiger partial charge in [0.15, 0.2) is 157 Å². The molecule has 0 spiro atoms. The summed E-state index contributed by atoms with van der Waals surface area (Å²) in [6.45, 7) is -3.25. The molecule has 2 fully saturated rings. The Morgan fingerprint density at radius 2 is 0.754 bits per heavy atom. The second kappa shape index (κ2) is 33.1. The van der Waals surface area contributed by atoms with Crippen molar-refractivity contribution in [2.45, 2.75) is 73.1 Å². The van der Waals surface area contributed by atoms with E-state index in [2.05, 4.69) is 0 Å². The number of aliphatic hydroxyl groups is 1. The van der Waals surface area contributed by atoms with Crippen LogP contribution >= 0.6 is 0 Å². The average molecular weight is 1870 g/mol. The van der Waals surface area contributed by atoms with Crippen LogP contribution in [0.4, 0.5) is 0 Å². The summed E-state index contributed by atoms with van der Waals surface area (Å²) >= 11 is 0. The number of fused-ring (bicyclic) bond motifs is 3. The van der Waals surface area contributed by atoms with Gasteiger partial charge in [-0.15, -0.1) is 0 Å². The maximum Gasteiger partial charge on any atom is 0.342 e. The van der Waals surface area contributed by atoms with E-state index in [-0.39, 0.29) is 24.3 Å². The Bertz CT molecular complexity index is 6620. The van der Waals surface area contributed by atoms with Gasteiger partial charge in [0.05, 0.1) is 56.0 Å². The molecule has 15 rings (SSSR count). The summed E-state index contributed by atoms with van der Waals surface area (Å²) in [7, 11) is 0. The molecule has 26 N–H and O–H groups in total. The fourth-order valence-corrected chi connectivity index (χ4v) is 14.6. The van der Waals surface area contributed by atoms with E-state index in [0.717, 1.165) is 0 Å². The number of ketones is 2. The second-order valence-electron chi connectivity index (χ2n) is 29.3. The summed E-state index contributed by atoms with van der Waals surface area (Å²) in [5.41, 5.74) is -16.1. The minimum Gasteiger partial charge on any atom is -0.504 e. The lowest BCUT2D eigenvalue weighted by Crippen LogP contribution is -2.63. The Kier molecular flexibility index (Phi) is 22.3. The van der Waals surface area contributed by atoms with Crippen LogP contribution in [-0.4, -0.2) is 284 Å². The van der Waals surface area contributed by atoms with Crippen molar-refractivity contribution in [1.82, 2.24) is 0 Å². The van der Waals surface area contributed by atoms with Gasteiger partial charge >= 0.3 is 59.7 Å². The van der Waals surface area contributed by atoms with Gasteiger partial charge < -0.3 is 199 Å². The molecular weight excluding hydrogens is 1820 g/mol. The van der Waals surface area contributed by atoms with Crippen molar-refractivity contribution in [1.29, 1.82) is 0 Å². The van der Waals surface area contributed by atoms with Gasteiger partial charge in [-0.05, 0) is 72.8 Å². The third kappa shape index (κ3) is 15.4. The summed E-state index contributed by atoms with van der Waals surface area (Å²) in [6.07, 6.45) is -28.3. The van der Waals surface area contributed by atoms with Gasteiger partial charge in [0.25, 0.3) is 11.6 Å². The highest BCUT2D eigenvalue weighted by Gasteiger charge is 2.65. The van der Waals surface area contributed by atoms with Crippen molar-refractivity contribution < 1.29 is 257 Å². The Morgan fingerprint density at radius 3 is 1.26 bits per heavy atom. The van der Waals surface area contributed by atoms with Crippen molar-refractivity contribution in [3.63, 3.8) is 0 Å². The zero-order chi connectivity index (χ0) is 97.4. The summed E-state index contributed by atoms with van der Waals surface area (Å²) in [6, 6.07) is 4.77. The number of esters is 10. The molecule has 0 amide bonds. The Morgan fingerprint density at radius 1 is 0.358 bits per heavy atom. The number of carbonyl (C=O) groups excluding carboxylic acids is 12. The Hall–Kier alpha value is -18.8. The van der Waals surface area contributed by atoms with Gasteiger partial charge in [-0.3, -0.25) is 9.59 Å². The summed E-state index contributed by atoms with van der Waals surface area (Å²) in [5, 5.41) is 284. The number of aromatic hydroxyl groups is 25. The first kappa shape index (κ1) is 90.0. The van der Waals surface area contributed by atoms with E-state index in [1.807, 2.05) is 0 Å². The van der Waals surface area contributed by atoms with Crippen LogP contribution in [0.25, 0.3) is 11.1 Å². The van der Waals surface area contributed by atoms with Gasteiger partial charge in [-0.25, -0.2) is 47.9 Å². The van der Waals surface area contributed by atoms with Crippen LogP contribution in [-0.2, 0) is 71.2 Å². The first-order valence-electron chi connectivity index (χ1n) is 37.3. The zero-order valence-electron chi connectivity index (χ0n) is 65.7. The van der Waals surface area contributed by atoms with Crippen LogP contribution in [0.3, 0.4) is 0 Å². The monoisotopic (exact) mass is 1870 g/mol. The quantitative estimate of drug-likeness (QED) is 0.0301. The topological polar surface area (TPSA) is 860 Å². The van der Waals surface area contributed by atoms with Gasteiger partial charge in [0.1, 0.15) is 31.0 Å². The van der Waals surface area contributed by atoms with Gasteiger partial charge in [-0.2, -0.15) is 0 Å². The molecule has 9 aromatic carbocycles. The molecule has 52 heteroatoms. The van der Waals surface area contributed by atoms with Crippen molar-refractivity contribution in [3.8, 4) is 172 Å². The highest BCUT2D eigenvalue weighted by atomic mass is 16.8. The molecule has 0 saturated carbocycles. The first-order valence-corrected chi connectivity index (χ1v) is 37.3. The number of hydrogen-bond acceptors (Lipinski definition) is 52. The number of cyclic esters (lactones) is 1. The van der Waals surface area contributed by atoms with E-state index < -0.39 is 391 Å². The number of allylic oxidation sites excluding steroid dienone is 1. The lowest BCUT2D eigenvalue weighted by Gasteiger charge is -2.44. The molecule has 2 saturated heterocycles. The van der Waals surface area contributed by atoms with Crippen LogP contribution in [0, 0.1) is 0 Å². The highest BCUT2D eigenvalue weighted by molar-refractivity contribution is 6.46. The summed E-state index contributed by atoms with van der Waals surface area (Å²) < 4.78 is 80.0. The van der Waals surface area contributed by atoms with Gasteiger partial charge in [0, 0.05) is 34.9 Å². The van der Waals surface area contributed by atoms with E-state index >= 15 is 24.0 Å².